The molecule has 1 fully saturated rings. The van der Waals surface area contributed by atoms with Crippen molar-refractivity contribution in [1.29, 1.82) is 0 Å². The van der Waals surface area contributed by atoms with Gasteiger partial charge in [-0.3, -0.25) is 0 Å². The first-order valence-corrected chi connectivity index (χ1v) is 8.37. The molecule has 0 saturated heterocycles. The second-order valence-corrected chi connectivity index (χ2v) is 9.14. The zero-order chi connectivity index (χ0) is 13.1. The Morgan fingerprint density at radius 2 is 1.71 bits per heavy atom. The van der Waals surface area contributed by atoms with Crippen molar-refractivity contribution in [3.63, 3.8) is 0 Å². The summed E-state index contributed by atoms with van der Waals surface area (Å²) in [5.74, 6) is 0.684. The van der Waals surface area contributed by atoms with Gasteiger partial charge in [0.1, 0.15) is 0 Å². The maximum atomic E-state index is 12.0. The molecular weight excluding hydrogens is 234 g/mol. The molecule has 2 unspecified atom stereocenters. The Morgan fingerprint density at radius 1 is 1.12 bits per heavy atom. The summed E-state index contributed by atoms with van der Waals surface area (Å²) in [6.07, 6.45) is 6.54. The first kappa shape index (κ1) is 15.0. The van der Waals surface area contributed by atoms with E-state index in [2.05, 4.69) is 0 Å². The summed E-state index contributed by atoms with van der Waals surface area (Å²) < 4.78 is 23.5. The van der Waals surface area contributed by atoms with Gasteiger partial charge in [-0.15, -0.1) is 0 Å². The van der Waals surface area contributed by atoms with Gasteiger partial charge in [-0.2, -0.15) is 0 Å². The van der Waals surface area contributed by atoms with Crippen molar-refractivity contribution in [2.24, 2.45) is 11.7 Å². The zero-order valence-corrected chi connectivity index (χ0v) is 12.2. The topological polar surface area (TPSA) is 60.2 Å². The molecule has 0 aliphatic heterocycles. The van der Waals surface area contributed by atoms with E-state index in [-0.39, 0.29) is 11.8 Å². The fourth-order valence-corrected chi connectivity index (χ4v) is 3.61. The van der Waals surface area contributed by atoms with Gasteiger partial charge in [0, 0.05) is 6.04 Å². The van der Waals surface area contributed by atoms with E-state index >= 15 is 0 Å². The Balaban J connectivity index is 2.55. The molecule has 1 aliphatic carbocycles. The van der Waals surface area contributed by atoms with Crippen molar-refractivity contribution in [3.05, 3.63) is 0 Å². The molecular formula is C13H27NO2S. The third kappa shape index (κ3) is 4.25. The Kier molecular flexibility index (Phi) is 5.02. The molecule has 0 aromatic carbocycles. The lowest BCUT2D eigenvalue weighted by molar-refractivity contribution is 0.385. The van der Waals surface area contributed by atoms with Crippen molar-refractivity contribution >= 4 is 9.84 Å². The Labute approximate surface area is 106 Å². The minimum absolute atomic E-state index is 0.202. The molecule has 0 spiro atoms. The Hall–Kier alpha value is -0.0900. The fraction of sp³-hybridized carbons (Fsp3) is 1.00. The van der Waals surface area contributed by atoms with Crippen LogP contribution in [0.4, 0.5) is 0 Å². The van der Waals surface area contributed by atoms with Gasteiger partial charge < -0.3 is 5.73 Å². The summed E-state index contributed by atoms with van der Waals surface area (Å²) in [6, 6.07) is 0.202. The first-order chi connectivity index (χ1) is 7.74. The monoisotopic (exact) mass is 261 g/mol. The van der Waals surface area contributed by atoms with Crippen molar-refractivity contribution < 1.29 is 8.42 Å². The van der Waals surface area contributed by atoms with E-state index in [1.165, 1.54) is 19.3 Å². The van der Waals surface area contributed by atoms with Crippen LogP contribution in [0.3, 0.4) is 0 Å². The second-order valence-electron chi connectivity index (χ2n) is 6.28. The fourth-order valence-electron chi connectivity index (χ4n) is 2.38. The van der Waals surface area contributed by atoms with Crippen LogP contribution in [-0.4, -0.2) is 25.0 Å². The summed E-state index contributed by atoms with van der Waals surface area (Å²) in [7, 11) is -2.99. The van der Waals surface area contributed by atoms with Gasteiger partial charge in [0.2, 0.25) is 0 Å². The van der Waals surface area contributed by atoms with Crippen LogP contribution >= 0.6 is 0 Å². The molecule has 4 heteroatoms. The zero-order valence-electron chi connectivity index (χ0n) is 11.4. The molecule has 3 nitrogen and oxygen atoms in total. The molecule has 1 rings (SSSR count). The van der Waals surface area contributed by atoms with Crippen LogP contribution in [0, 0.1) is 5.92 Å². The first-order valence-electron chi connectivity index (χ1n) is 6.72. The maximum Gasteiger partial charge on any atom is 0.155 e. The van der Waals surface area contributed by atoms with E-state index in [4.69, 9.17) is 5.73 Å². The minimum atomic E-state index is -2.99. The molecule has 0 aromatic heterocycles. The van der Waals surface area contributed by atoms with Crippen LogP contribution < -0.4 is 5.73 Å². The molecule has 0 bridgehead atoms. The van der Waals surface area contributed by atoms with E-state index in [0.717, 1.165) is 19.3 Å². The molecule has 0 radical (unpaired) electrons. The van der Waals surface area contributed by atoms with Gasteiger partial charge in [-0.1, -0.05) is 19.3 Å². The van der Waals surface area contributed by atoms with Gasteiger partial charge in [0.15, 0.2) is 9.84 Å². The van der Waals surface area contributed by atoms with Gasteiger partial charge in [-0.05, 0) is 46.0 Å². The average molecular weight is 261 g/mol. The van der Waals surface area contributed by atoms with E-state index < -0.39 is 14.6 Å². The number of nitrogens with two attached hydrogens (primary N) is 1. The van der Waals surface area contributed by atoms with Crippen LogP contribution in [0.15, 0.2) is 0 Å². The quantitative estimate of drug-likeness (QED) is 0.794. The van der Waals surface area contributed by atoms with E-state index in [1.54, 1.807) is 20.8 Å². The average Bonchev–Trinajstić information content (AvgIpc) is 2.38. The number of hydrogen-bond donors (Lipinski definition) is 1. The van der Waals surface area contributed by atoms with Crippen LogP contribution in [0.5, 0.6) is 0 Å². The lowest BCUT2D eigenvalue weighted by atomic mass is 9.93. The van der Waals surface area contributed by atoms with Gasteiger partial charge in [0.05, 0.1) is 10.5 Å². The minimum Gasteiger partial charge on any atom is -0.327 e. The molecule has 17 heavy (non-hydrogen) atoms. The van der Waals surface area contributed by atoms with Gasteiger partial charge >= 0.3 is 0 Å². The SMILES string of the molecule is CC(C)(C)S(=O)(=O)CCC1CCCCCC1N. The number of hydrogen-bond acceptors (Lipinski definition) is 3. The molecule has 0 heterocycles. The lowest BCUT2D eigenvalue weighted by Gasteiger charge is -2.24. The molecule has 0 aromatic rings. The van der Waals surface area contributed by atoms with E-state index in [9.17, 15) is 8.42 Å². The highest BCUT2D eigenvalue weighted by atomic mass is 32.2. The predicted octanol–water partition coefficient (Wildman–Crippen LogP) is 2.50. The third-order valence-corrected chi connectivity index (χ3v) is 6.55. The van der Waals surface area contributed by atoms with Crippen LogP contribution in [0.2, 0.25) is 0 Å². The maximum absolute atomic E-state index is 12.0. The normalized spacial score (nSPS) is 27.8. The smallest absolute Gasteiger partial charge is 0.155 e. The summed E-state index contributed by atoms with van der Waals surface area (Å²) >= 11 is 0. The molecule has 2 atom stereocenters. The summed E-state index contributed by atoms with van der Waals surface area (Å²) in [5, 5.41) is 0. The van der Waals surface area contributed by atoms with Crippen molar-refractivity contribution in [2.75, 3.05) is 5.75 Å². The van der Waals surface area contributed by atoms with Crippen molar-refractivity contribution in [1.82, 2.24) is 0 Å². The number of sulfone groups is 1. The van der Waals surface area contributed by atoms with E-state index in [0.29, 0.717) is 5.92 Å². The summed E-state index contributed by atoms with van der Waals surface area (Å²) in [4.78, 5) is 0. The summed E-state index contributed by atoms with van der Waals surface area (Å²) in [6.45, 7) is 5.32. The van der Waals surface area contributed by atoms with Crippen molar-refractivity contribution in [3.8, 4) is 0 Å². The summed E-state index contributed by atoms with van der Waals surface area (Å²) in [5.41, 5.74) is 6.12. The highest BCUT2D eigenvalue weighted by Gasteiger charge is 2.30. The Morgan fingerprint density at radius 3 is 2.29 bits per heavy atom. The van der Waals surface area contributed by atoms with E-state index in [1.807, 2.05) is 0 Å². The third-order valence-electron chi connectivity index (χ3n) is 3.91. The molecule has 1 saturated carbocycles. The Bertz CT molecular complexity index is 330. The van der Waals surface area contributed by atoms with Gasteiger partial charge in [0.25, 0.3) is 0 Å². The van der Waals surface area contributed by atoms with Crippen LogP contribution in [0.1, 0.15) is 59.3 Å². The van der Waals surface area contributed by atoms with Crippen molar-refractivity contribution in [2.45, 2.75) is 70.1 Å². The largest absolute Gasteiger partial charge is 0.327 e. The molecule has 0 amide bonds. The molecule has 2 N–H and O–H groups in total. The highest BCUT2D eigenvalue weighted by molar-refractivity contribution is 7.92. The standard InChI is InChI=1S/C13H27NO2S/c1-13(2,3)17(15,16)10-9-11-7-5-4-6-8-12(11)14/h11-12H,4-10,14H2,1-3H3. The highest BCUT2D eigenvalue weighted by Crippen LogP contribution is 2.27. The van der Waals surface area contributed by atoms with Crippen LogP contribution in [0.25, 0.3) is 0 Å². The second kappa shape index (κ2) is 5.70. The van der Waals surface area contributed by atoms with Gasteiger partial charge in [-0.25, -0.2) is 8.42 Å². The molecule has 1 aliphatic rings. The molecule has 102 valence electrons. The van der Waals surface area contributed by atoms with Crippen LogP contribution in [-0.2, 0) is 9.84 Å². The predicted molar refractivity (Wildman–Crippen MR) is 72.7 cm³/mol. The lowest BCUT2D eigenvalue weighted by Crippen LogP contribution is -2.34. The number of rotatable bonds is 3.